The zero-order valence-corrected chi connectivity index (χ0v) is 20.5. The molecule has 29 heavy (non-hydrogen) atoms. The van der Waals surface area contributed by atoms with Crippen LogP contribution in [-0.4, -0.2) is 61.4 Å². The van der Waals surface area contributed by atoms with Crippen LogP contribution in [0.15, 0.2) is 23.2 Å². The fourth-order valence-electron chi connectivity index (χ4n) is 3.32. The van der Waals surface area contributed by atoms with E-state index in [1.54, 1.807) is 6.07 Å². The van der Waals surface area contributed by atoms with Crippen LogP contribution in [0.1, 0.15) is 38.3 Å². The molecule has 0 spiro atoms. The lowest BCUT2D eigenvalue weighted by atomic mass is 10.1. The molecule has 2 N–H and O–H groups in total. The molecule has 1 aromatic rings. The fraction of sp³-hybridized carbons (Fsp3) is 0.619. The predicted molar refractivity (Wildman–Crippen MR) is 127 cm³/mol. The van der Waals surface area contributed by atoms with Crippen LogP contribution >= 0.6 is 24.0 Å². The second-order valence-corrected chi connectivity index (χ2v) is 7.93. The summed E-state index contributed by atoms with van der Waals surface area (Å²) < 4.78 is 14.0. The van der Waals surface area contributed by atoms with E-state index in [2.05, 4.69) is 15.6 Å². The SMILES string of the molecule is CCNC(=NCc1ccc(F)c(CN(C)C)c1)NC1CCN(C(=O)C(C)C)C1.I. The molecule has 1 amide bonds. The summed E-state index contributed by atoms with van der Waals surface area (Å²) in [4.78, 5) is 20.7. The van der Waals surface area contributed by atoms with Gasteiger partial charge in [-0.2, -0.15) is 0 Å². The van der Waals surface area contributed by atoms with Crippen molar-refractivity contribution in [1.29, 1.82) is 0 Å². The summed E-state index contributed by atoms with van der Waals surface area (Å²) in [5.74, 6) is 0.763. The summed E-state index contributed by atoms with van der Waals surface area (Å²) in [6.07, 6.45) is 0.909. The number of hydrogen-bond acceptors (Lipinski definition) is 3. The van der Waals surface area contributed by atoms with Crippen molar-refractivity contribution in [3.63, 3.8) is 0 Å². The maximum Gasteiger partial charge on any atom is 0.225 e. The van der Waals surface area contributed by atoms with Gasteiger partial charge in [0.2, 0.25) is 5.91 Å². The molecule has 1 aliphatic heterocycles. The molecule has 8 heteroatoms. The van der Waals surface area contributed by atoms with Crippen molar-refractivity contribution in [2.24, 2.45) is 10.9 Å². The van der Waals surface area contributed by atoms with Crippen molar-refractivity contribution in [3.8, 4) is 0 Å². The molecule has 1 aromatic carbocycles. The molecule has 1 heterocycles. The Bertz CT molecular complexity index is 696. The minimum absolute atomic E-state index is 0. The van der Waals surface area contributed by atoms with E-state index < -0.39 is 0 Å². The van der Waals surface area contributed by atoms with Crippen LogP contribution in [-0.2, 0) is 17.9 Å². The zero-order chi connectivity index (χ0) is 20.7. The first kappa shape index (κ1) is 25.6. The molecule has 0 radical (unpaired) electrons. The lowest BCUT2D eigenvalue weighted by Gasteiger charge is -2.20. The second-order valence-electron chi connectivity index (χ2n) is 7.93. The minimum atomic E-state index is -0.188. The Morgan fingerprint density at radius 3 is 2.72 bits per heavy atom. The number of benzene rings is 1. The number of aliphatic imine (C=N–C) groups is 1. The molecule has 1 saturated heterocycles. The largest absolute Gasteiger partial charge is 0.357 e. The standard InChI is InChI=1S/C21H34FN5O.HI/c1-6-23-21(25-18-9-10-27(14-18)20(28)15(2)3)24-12-16-7-8-19(22)17(11-16)13-26(4)5;/h7-8,11,15,18H,6,9-10,12-14H2,1-5H3,(H2,23,24,25);1H. The Kier molecular flexibility index (Phi) is 10.9. The molecule has 0 bridgehead atoms. The lowest BCUT2D eigenvalue weighted by molar-refractivity contribution is -0.133. The summed E-state index contributed by atoms with van der Waals surface area (Å²) in [7, 11) is 3.85. The molecule has 1 atom stereocenters. The molecule has 2 rings (SSSR count). The van der Waals surface area contributed by atoms with Gasteiger partial charge in [-0.05, 0) is 45.1 Å². The van der Waals surface area contributed by atoms with Gasteiger partial charge in [0.15, 0.2) is 5.96 Å². The monoisotopic (exact) mass is 519 g/mol. The van der Waals surface area contributed by atoms with Crippen LogP contribution in [0.4, 0.5) is 4.39 Å². The molecule has 164 valence electrons. The number of carbonyl (C=O) groups excluding carboxylic acids is 1. The van der Waals surface area contributed by atoms with Crippen molar-refractivity contribution in [3.05, 3.63) is 35.1 Å². The average Bonchev–Trinajstić information content (AvgIpc) is 3.09. The highest BCUT2D eigenvalue weighted by Crippen LogP contribution is 2.14. The van der Waals surface area contributed by atoms with Gasteiger partial charge in [-0.1, -0.05) is 19.9 Å². The van der Waals surface area contributed by atoms with Crippen LogP contribution in [0, 0.1) is 11.7 Å². The van der Waals surface area contributed by atoms with Crippen LogP contribution in [0.3, 0.4) is 0 Å². The molecule has 6 nitrogen and oxygen atoms in total. The highest BCUT2D eigenvalue weighted by Gasteiger charge is 2.27. The van der Waals surface area contributed by atoms with E-state index in [-0.39, 0.29) is 47.7 Å². The Hall–Kier alpha value is -1.42. The lowest BCUT2D eigenvalue weighted by Crippen LogP contribution is -2.45. The minimum Gasteiger partial charge on any atom is -0.357 e. The molecule has 0 aromatic heterocycles. The third-order valence-corrected chi connectivity index (χ3v) is 4.70. The third-order valence-electron chi connectivity index (χ3n) is 4.70. The second kappa shape index (κ2) is 12.3. The van der Waals surface area contributed by atoms with E-state index in [0.29, 0.717) is 25.2 Å². The van der Waals surface area contributed by atoms with Crippen molar-refractivity contribution < 1.29 is 9.18 Å². The first-order chi connectivity index (χ1) is 13.3. The number of hydrogen-bond donors (Lipinski definition) is 2. The maximum absolute atomic E-state index is 14.0. The van der Waals surface area contributed by atoms with Crippen LogP contribution in [0.2, 0.25) is 0 Å². The van der Waals surface area contributed by atoms with Crippen molar-refractivity contribution in [2.75, 3.05) is 33.7 Å². The van der Waals surface area contributed by atoms with E-state index in [1.807, 2.05) is 50.7 Å². The van der Waals surface area contributed by atoms with Gasteiger partial charge >= 0.3 is 0 Å². The van der Waals surface area contributed by atoms with E-state index in [0.717, 1.165) is 31.0 Å². The third kappa shape index (κ3) is 8.08. The van der Waals surface area contributed by atoms with Gasteiger partial charge in [-0.15, -0.1) is 24.0 Å². The Morgan fingerprint density at radius 2 is 2.10 bits per heavy atom. The Labute approximate surface area is 191 Å². The smallest absolute Gasteiger partial charge is 0.225 e. The van der Waals surface area contributed by atoms with Gasteiger partial charge in [0, 0.05) is 43.7 Å². The molecule has 1 unspecified atom stereocenters. The number of guanidine groups is 1. The van der Waals surface area contributed by atoms with E-state index in [1.165, 1.54) is 6.07 Å². The van der Waals surface area contributed by atoms with Crippen LogP contribution < -0.4 is 10.6 Å². The summed E-state index contributed by atoms with van der Waals surface area (Å²) in [6, 6.07) is 5.36. The van der Waals surface area contributed by atoms with E-state index in [4.69, 9.17) is 0 Å². The number of halogens is 2. The van der Waals surface area contributed by atoms with Crippen LogP contribution in [0.25, 0.3) is 0 Å². The Morgan fingerprint density at radius 1 is 1.38 bits per heavy atom. The van der Waals surface area contributed by atoms with E-state index in [9.17, 15) is 9.18 Å². The highest BCUT2D eigenvalue weighted by molar-refractivity contribution is 14.0. The van der Waals surface area contributed by atoms with Crippen molar-refractivity contribution in [2.45, 2.75) is 46.3 Å². The van der Waals surface area contributed by atoms with Gasteiger partial charge in [-0.25, -0.2) is 9.38 Å². The average molecular weight is 519 g/mol. The number of nitrogens with one attached hydrogen (secondary N) is 2. The summed E-state index contributed by atoms with van der Waals surface area (Å²) in [5.41, 5.74) is 1.65. The summed E-state index contributed by atoms with van der Waals surface area (Å²) in [6.45, 7) is 9.14. The van der Waals surface area contributed by atoms with Crippen molar-refractivity contribution in [1.82, 2.24) is 20.4 Å². The Balaban J connectivity index is 0.00000420. The molecule has 0 saturated carbocycles. The number of nitrogens with zero attached hydrogens (tertiary/aromatic N) is 3. The van der Waals surface area contributed by atoms with E-state index >= 15 is 0 Å². The number of likely N-dealkylation sites (tertiary alicyclic amines) is 1. The molecule has 1 aliphatic rings. The van der Waals surface area contributed by atoms with Gasteiger partial charge in [0.05, 0.1) is 6.54 Å². The molecular formula is C21H35FIN5O. The van der Waals surface area contributed by atoms with Crippen molar-refractivity contribution >= 4 is 35.8 Å². The normalized spacial score (nSPS) is 16.9. The highest BCUT2D eigenvalue weighted by atomic mass is 127. The summed E-state index contributed by atoms with van der Waals surface area (Å²) >= 11 is 0. The number of rotatable bonds is 7. The topological polar surface area (TPSA) is 60.0 Å². The molecular weight excluding hydrogens is 484 g/mol. The number of amides is 1. The summed E-state index contributed by atoms with van der Waals surface area (Å²) in [5, 5.41) is 6.69. The molecule has 1 fully saturated rings. The van der Waals surface area contributed by atoms with Gasteiger partial charge in [0.25, 0.3) is 0 Å². The predicted octanol–water partition coefficient (Wildman–Crippen LogP) is 2.82. The maximum atomic E-state index is 14.0. The zero-order valence-electron chi connectivity index (χ0n) is 18.2. The van der Waals surface area contributed by atoms with Gasteiger partial charge in [-0.3, -0.25) is 4.79 Å². The first-order valence-electron chi connectivity index (χ1n) is 10.1. The van der Waals surface area contributed by atoms with Crippen LogP contribution in [0.5, 0.6) is 0 Å². The fourth-order valence-corrected chi connectivity index (χ4v) is 3.32. The van der Waals surface area contributed by atoms with Gasteiger partial charge in [0.1, 0.15) is 5.82 Å². The first-order valence-corrected chi connectivity index (χ1v) is 10.1. The number of carbonyl (C=O) groups is 1. The molecule has 0 aliphatic carbocycles. The quantitative estimate of drug-likeness (QED) is 0.331. The van der Waals surface area contributed by atoms with Gasteiger partial charge < -0.3 is 20.4 Å².